The lowest BCUT2D eigenvalue weighted by Crippen LogP contribution is -2.00. The van der Waals surface area contributed by atoms with Crippen LogP contribution in [0, 0.1) is 0 Å². The highest BCUT2D eigenvalue weighted by Gasteiger charge is 2.18. The van der Waals surface area contributed by atoms with Crippen LogP contribution in [0.3, 0.4) is 0 Å². The number of hydrogen-bond acceptors (Lipinski definition) is 4. The zero-order valence-electron chi connectivity index (χ0n) is 27.5. The van der Waals surface area contributed by atoms with Gasteiger partial charge in [-0.2, -0.15) is 0 Å². The van der Waals surface area contributed by atoms with Crippen LogP contribution in [0.4, 0.5) is 0 Å². The third-order valence-electron chi connectivity index (χ3n) is 9.73. The number of nitrogens with zero attached hydrogens (tertiary/aromatic N) is 3. The van der Waals surface area contributed by atoms with Gasteiger partial charge in [0.2, 0.25) is 0 Å². The summed E-state index contributed by atoms with van der Waals surface area (Å²) < 4.78 is 6.61. The molecule has 0 amide bonds. The van der Waals surface area contributed by atoms with E-state index in [0.29, 0.717) is 17.5 Å². The third kappa shape index (κ3) is 5.04. The highest BCUT2D eigenvalue weighted by atomic mass is 16.3. The number of aromatic nitrogens is 3. The van der Waals surface area contributed by atoms with Crippen LogP contribution in [-0.4, -0.2) is 15.0 Å². The van der Waals surface area contributed by atoms with Gasteiger partial charge in [0, 0.05) is 27.5 Å². The minimum absolute atomic E-state index is 0.610. The average Bonchev–Trinajstić information content (AvgIpc) is 3.59. The first-order valence-electron chi connectivity index (χ1n) is 17.1. The molecule has 0 bridgehead atoms. The minimum atomic E-state index is 0.610. The molecule has 0 saturated carbocycles. The van der Waals surface area contributed by atoms with E-state index in [0.717, 1.165) is 55.1 Å². The Morgan fingerprint density at radius 1 is 0.314 bits per heavy atom. The van der Waals surface area contributed by atoms with E-state index in [1.807, 2.05) is 48.5 Å². The van der Waals surface area contributed by atoms with Crippen molar-refractivity contribution in [2.24, 2.45) is 0 Å². The normalized spacial score (nSPS) is 11.5. The lowest BCUT2D eigenvalue weighted by Gasteiger charge is -2.11. The van der Waals surface area contributed by atoms with Crippen molar-refractivity contribution in [3.8, 4) is 56.4 Å². The van der Waals surface area contributed by atoms with Crippen molar-refractivity contribution < 1.29 is 4.42 Å². The summed E-state index contributed by atoms with van der Waals surface area (Å²) in [5.74, 6) is 1.87. The molecule has 238 valence electrons. The lowest BCUT2D eigenvalue weighted by atomic mass is 9.92. The molecular formula is C47H29N3O. The molecule has 0 aliphatic heterocycles. The van der Waals surface area contributed by atoms with Crippen LogP contribution in [0.15, 0.2) is 180 Å². The van der Waals surface area contributed by atoms with Gasteiger partial charge in [-0.3, -0.25) is 0 Å². The standard InChI is InChI=1S/C47H29N3O/c1-3-12-30(13-4-1)31-22-24-34(25-23-31)46-48-45(33-15-5-2-6-16-33)49-47(50-46)35-26-27-42-41(28-35)44-39-20-10-9-19-38(39)40(29-43(44)51-42)37-21-11-17-32-14-7-8-18-36(32)37/h1-29H. The van der Waals surface area contributed by atoms with Crippen molar-refractivity contribution in [3.63, 3.8) is 0 Å². The molecule has 0 N–H and O–H groups in total. The molecule has 10 rings (SSSR count). The Kier molecular flexibility index (Phi) is 6.78. The Morgan fingerprint density at radius 3 is 1.59 bits per heavy atom. The van der Waals surface area contributed by atoms with Crippen molar-refractivity contribution in [2.75, 3.05) is 0 Å². The molecule has 0 atom stereocenters. The molecule has 0 fully saturated rings. The summed E-state index contributed by atoms with van der Waals surface area (Å²) in [7, 11) is 0. The molecule has 51 heavy (non-hydrogen) atoms. The summed E-state index contributed by atoms with van der Waals surface area (Å²) in [6.07, 6.45) is 0. The van der Waals surface area contributed by atoms with E-state index >= 15 is 0 Å². The average molecular weight is 652 g/mol. The second-order valence-corrected chi connectivity index (χ2v) is 12.8. The molecule has 2 aromatic heterocycles. The van der Waals surface area contributed by atoms with Crippen molar-refractivity contribution in [1.29, 1.82) is 0 Å². The number of rotatable bonds is 5. The highest BCUT2D eigenvalue weighted by Crippen LogP contribution is 2.42. The summed E-state index contributed by atoms with van der Waals surface area (Å²) in [6.45, 7) is 0. The first-order chi connectivity index (χ1) is 25.3. The van der Waals surface area contributed by atoms with Crippen molar-refractivity contribution in [2.45, 2.75) is 0 Å². The fourth-order valence-corrected chi connectivity index (χ4v) is 7.26. The SMILES string of the molecule is c1ccc(-c2ccc(-c3nc(-c4ccccc4)nc(-c4ccc5oc6cc(-c7cccc8ccccc78)c7ccccc7c6c5c4)n3)cc2)cc1. The Labute approximate surface area is 294 Å². The molecule has 0 aliphatic rings. The van der Waals surface area contributed by atoms with E-state index in [1.54, 1.807) is 0 Å². The second kappa shape index (κ2) is 11.9. The summed E-state index contributed by atoms with van der Waals surface area (Å²) in [4.78, 5) is 15.1. The van der Waals surface area contributed by atoms with Crippen LogP contribution in [-0.2, 0) is 0 Å². The molecular weight excluding hydrogens is 623 g/mol. The van der Waals surface area contributed by atoms with Crippen LogP contribution in [0.1, 0.15) is 0 Å². The topological polar surface area (TPSA) is 51.8 Å². The number of benzene rings is 8. The molecule has 10 aromatic rings. The fraction of sp³-hybridized carbons (Fsp3) is 0. The van der Waals surface area contributed by atoms with E-state index in [9.17, 15) is 0 Å². The molecule has 0 spiro atoms. The van der Waals surface area contributed by atoms with Gasteiger partial charge in [-0.25, -0.2) is 15.0 Å². The van der Waals surface area contributed by atoms with Gasteiger partial charge in [-0.15, -0.1) is 0 Å². The van der Waals surface area contributed by atoms with Crippen LogP contribution in [0.25, 0.3) is 99.9 Å². The molecule has 0 radical (unpaired) electrons. The molecule has 0 aliphatic carbocycles. The summed E-state index contributed by atoms with van der Waals surface area (Å²) >= 11 is 0. The first kappa shape index (κ1) is 29.0. The van der Waals surface area contributed by atoms with E-state index < -0.39 is 0 Å². The van der Waals surface area contributed by atoms with Gasteiger partial charge in [0.15, 0.2) is 17.5 Å². The van der Waals surface area contributed by atoms with Crippen LogP contribution < -0.4 is 0 Å². The maximum absolute atomic E-state index is 6.61. The Balaban J connectivity index is 1.15. The Hall–Kier alpha value is -6.91. The zero-order chi connectivity index (χ0) is 33.7. The number of furan rings is 1. The van der Waals surface area contributed by atoms with E-state index in [1.165, 1.54) is 27.3 Å². The van der Waals surface area contributed by atoms with Gasteiger partial charge in [-0.05, 0) is 68.1 Å². The summed E-state index contributed by atoms with van der Waals surface area (Å²) in [6, 6.07) is 61.0. The van der Waals surface area contributed by atoms with Gasteiger partial charge >= 0.3 is 0 Å². The first-order valence-corrected chi connectivity index (χ1v) is 17.1. The molecule has 2 heterocycles. The van der Waals surface area contributed by atoms with Crippen LogP contribution in [0.5, 0.6) is 0 Å². The van der Waals surface area contributed by atoms with Crippen LogP contribution in [0.2, 0.25) is 0 Å². The van der Waals surface area contributed by atoms with E-state index in [-0.39, 0.29) is 0 Å². The summed E-state index contributed by atoms with van der Waals surface area (Å²) in [5, 5.41) is 6.87. The molecule has 0 saturated heterocycles. The van der Waals surface area contributed by atoms with Gasteiger partial charge < -0.3 is 4.42 Å². The van der Waals surface area contributed by atoms with E-state index in [4.69, 9.17) is 19.4 Å². The highest BCUT2D eigenvalue weighted by molar-refractivity contribution is 6.23. The maximum Gasteiger partial charge on any atom is 0.164 e. The predicted octanol–water partition coefficient (Wildman–Crippen LogP) is 12.4. The lowest BCUT2D eigenvalue weighted by molar-refractivity contribution is 0.669. The van der Waals surface area contributed by atoms with Crippen molar-refractivity contribution in [3.05, 3.63) is 176 Å². The van der Waals surface area contributed by atoms with Gasteiger partial charge in [0.1, 0.15) is 11.2 Å². The minimum Gasteiger partial charge on any atom is -0.456 e. The largest absolute Gasteiger partial charge is 0.456 e. The second-order valence-electron chi connectivity index (χ2n) is 12.8. The third-order valence-corrected chi connectivity index (χ3v) is 9.73. The molecule has 0 unspecified atom stereocenters. The quantitative estimate of drug-likeness (QED) is 0.186. The molecule has 4 heteroatoms. The fourth-order valence-electron chi connectivity index (χ4n) is 7.26. The molecule has 4 nitrogen and oxygen atoms in total. The predicted molar refractivity (Wildman–Crippen MR) is 209 cm³/mol. The summed E-state index contributed by atoms with van der Waals surface area (Å²) in [5.41, 5.74) is 9.09. The number of fused-ring (bicyclic) bond motifs is 6. The number of hydrogen-bond donors (Lipinski definition) is 0. The Bertz CT molecular complexity index is 2890. The van der Waals surface area contributed by atoms with Gasteiger partial charge in [0.05, 0.1) is 0 Å². The monoisotopic (exact) mass is 651 g/mol. The van der Waals surface area contributed by atoms with E-state index in [2.05, 4.69) is 127 Å². The maximum atomic E-state index is 6.61. The van der Waals surface area contributed by atoms with Gasteiger partial charge in [0.25, 0.3) is 0 Å². The molecule has 8 aromatic carbocycles. The van der Waals surface area contributed by atoms with Gasteiger partial charge in [-0.1, -0.05) is 152 Å². The van der Waals surface area contributed by atoms with Crippen LogP contribution >= 0.6 is 0 Å². The van der Waals surface area contributed by atoms with Crippen molar-refractivity contribution in [1.82, 2.24) is 15.0 Å². The smallest absolute Gasteiger partial charge is 0.164 e. The van der Waals surface area contributed by atoms with Crippen molar-refractivity contribution >= 4 is 43.5 Å². The Morgan fingerprint density at radius 2 is 0.843 bits per heavy atom. The zero-order valence-corrected chi connectivity index (χ0v) is 27.5.